The second kappa shape index (κ2) is 2.62. The molecule has 0 aromatic carbocycles. The molecule has 0 aromatic rings. The number of hydrogen-bond acceptors (Lipinski definition) is 2. The van der Waals surface area contributed by atoms with Crippen molar-refractivity contribution in [2.75, 3.05) is 20.2 Å². The molecule has 0 bridgehead atoms. The van der Waals surface area contributed by atoms with Gasteiger partial charge in [0.2, 0.25) is 0 Å². The van der Waals surface area contributed by atoms with Gasteiger partial charge in [0.25, 0.3) is 0 Å². The van der Waals surface area contributed by atoms with Crippen LogP contribution >= 0.6 is 0 Å². The molecular weight excluding hydrogens is 121 g/mol. The molecule has 0 aromatic heterocycles. The zero-order chi connectivity index (χ0) is 6.85. The summed E-state index contributed by atoms with van der Waals surface area (Å²) in [6, 6.07) is 0.0556. The van der Waals surface area contributed by atoms with Gasteiger partial charge in [-0.2, -0.15) is 0 Å². The molecule has 0 aliphatic carbocycles. The molecule has 1 heterocycles. The lowest BCUT2D eigenvalue weighted by atomic mass is 10.2. The first-order valence-electron chi connectivity index (χ1n) is 3.19. The Kier molecular flexibility index (Phi) is 2.03. The molecule has 0 amide bonds. The summed E-state index contributed by atoms with van der Waals surface area (Å²) >= 11 is 0. The molecular formula is C6H12FNO. The first-order chi connectivity index (χ1) is 4.24. The summed E-state index contributed by atoms with van der Waals surface area (Å²) < 4.78 is 12.5. The van der Waals surface area contributed by atoms with E-state index in [1.807, 2.05) is 11.9 Å². The predicted molar refractivity (Wildman–Crippen MR) is 33.0 cm³/mol. The van der Waals surface area contributed by atoms with Crippen molar-refractivity contribution in [2.24, 2.45) is 0 Å². The maximum atomic E-state index is 12.5. The Hall–Kier alpha value is -0.150. The third-order valence-corrected chi connectivity index (χ3v) is 1.85. The van der Waals surface area contributed by atoms with Crippen LogP contribution in [0, 0.1) is 0 Å². The molecule has 1 aliphatic rings. The normalized spacial score (nSPS) is 37.7. The van der Waals surface area contributed by atoms with E-state index in [1.54, 1.807) is 0 Å². The van der Waals surface area contributed by atoms with Crippen LogP contribution in [0.25, 0.3) is 0 Å². The highest BCUT2D eigenvalue weighted by atomic mass is 19.1. The molecule has 0 spiro atoms. The number of likely N-dealkylation sites (tertiary alicyclic amines) is 1. The first-order valence-corrected chi connectivity index (χ1v) is 3.19. The lowest BCUT2D eigenvalue weighted by molar-refractivity contribution is 0.182. The smallest absolute Gasteiger partial charge is 0.114 e. The van der Waals surface area contributed by atoms with E-state index in [0.29, 0.717) is 13.0 Å². The van der Waals surface area contributed by atoms with Crippen LogP contribution in [0.15, 0.2) is 0 Å². The standard InChI is InChI=1S/C6H12FNO/c1-8-3-5(7)2-6(8)4-9/h5-6,9H,2-4H2,1H3/t5-,6-/m0/s1. The minimum atomic E-state index is -0.729. The van der Waals surface area contributed by atoms with Crippen molar-refractivity contribution in [3.63, 3.8) is 0 Å². The highest BCUT2D eigenvalue weighted by Gasteiger charge is 2.28. The van der Waals surface area contributed by atoms with E-state index < -0.39 is 6.17 Å². The van der Waals surface area contributed by atoms with Crippen LogP contribution in [-0.4, -0.2) is 42.4 Å². The molecule has 0 radical (unpaired) electrons. The average molecular weight is 133 g/mol. The highest BCUT2D eigenvalue weighted by molar-refractivity contribution is 4.81. The van der Waals surface area contributed by atoms with E-state index in [2.05, 4.69) is 0 Å². The van der Waals surface area contributed by atoms with Crippen LogP contribution in [0.5, 0.6) is 0 Å². The number of nitrogens with zero attached hydrogens (tertiary/aromatic N) is 1. The molecule has 1 aliphatic heterocycles. The van der Waals surface area contributed by atoms with Gasteiger partial charge in [-0.15, -0.1) is 0 Å². The minimum absolute atomic E-state index is 0.0556. The number of alkyl halides is 1. The maximum absolute atomic E-state index is 12.5. The molecule has 1 fully saturated rings. The number of rotatable bonds is 1. The predicted octanol–water partition coefficient (Wildman–Crippen LogP) is 0.0209. The van der Waals surface area contributed by atoms with Crippen LogP contribution in [0.2, 0.25) is 0 Å². The van der Waals surface area contributed by atoms with Crippen molar-refractivity contribution in [3.8, 4) is 0 Å². The largest absolute Gasteiger partial charge is 0.395 e. The van der Waals surface area contributed by atoms with Gasteiger partial charge in [-0.3, -0.25) is 4.90 Å². The topological polar surface area (TPSA) is 23.5 Å². The van der Waals surface area contributed by atoms with Crippen molar-refractivity contribution in [3.05, 3.63) is 0 Å². The lowest BCUT2D eigenvalue weighted by Crippen LogP contribution is -2.27. The van der Waals surface area contributed by atoms with Gasteiger partial charge in [-0.05, 0) is 13.5 Å². The summed E-state index contributed by atoms with van der Waals surface area (Å²) in [5.74, 6) is 0. The second-order valence-electron chi connectivity index (χ2n) is 2.61. The Bertz CT molecular complexity index is 99.1. The van der Waals surface area contributed by atoms with Gasteiger partial charge in [0, 0.05) is 12.6 Å². The van der Waals surface area contributed by atoms with Crippen molar-refractivity contribution in [2.45, 2.75) is 18.6 Å². The first kappa shape index (κ1) is 6.96. The Morgan fingerprint density at radius 3 is 2.67 bits per heavy atom. The van der Waals surface area contributed by atoms with E-state index in [9.17, 15) is 4.39 Å². The molecule has 2 atom stereocenters. The zero-order valence-electron chi connectivity index (χ0n) is 5.55. The number of hydrogen-bond donors (Lipinski definition) is 1. The van der Waals surface area contributed by atoms with Crippen LogP contribution in [0.3, 0.4) is 0 Å². The average Bonchev–Trinajstić information content (AvgIpc) is 2.10. The summed E-state index contributed by atoms with van der Waals surface area (Å²) in [7, 11) is 1.83. The van der Waals surface area contributed by atoms with Gasteiger partial charge in [-0.25, -0.2) is 4.39 Å². The monoisotopic (exact) mass is 133 g/mol. The van der Waals surface area contributed by atoms with Crippen molar-refractivity contribution >= 4 is 0 Å². The molecule has 1 rings (SSSR count). The second-order valence-corrected chi connectivity index (χ2v) is 2.61. The van der Waals surface area contributed by atoms with Crippen LogP contribution in [0.1, 0.15) is 6.42 Å². The molecule has 9 heavy (non-hydrogen) atoms. The quantitative estimate of drug-likeness (QED) is 0.545. The SMILES string of the molecule is CN1C[C@@H](F)C[C@H]1CO. The van der Waals surface area contributed by atoms with E-state index >= 15 is 0 Å². The third-order valence-electron chi connectivity index (χ3n) is 1.85. The zero-order valence-corrected chi connectivity index (χ0v) is 5.55. The minimum Gasteiger partial charge on any atom is -0.395 e. The van der Waals surface area contributed by atoms with Crippen LogP contribution in [-0.2, 0) is 0 Å². The van der Waals surface area contributed by atoms with Crippen LogP contribution < -0.4 is 0 Å². The van der Waals surface area contributed by atoms with Crippen molar-refractivity contribution < 1.29 is 9.50 Å². The fourth-order valence-electron chi connectivity index (χ4n) is 1.23. The summed E-state index contributed by atoms with van der Waals surface area (Å²) in [6.45, 7) is 0.558. The molecule has 54 valence electrons. The third kappa shape index (κ3) is 1.40. The number of halogens is 1. The molecule has 0 saturated carbocycles. The Labute approximate surface area is 54.3 Å². The van der Waals surface area contributed by atoms with E-state index in [1.165, 1.54) is 0 Å². The van der Waals surface area contributed by atoms with E-state index in [4.69, 9.17) is 5.11 Å². The molecule has 0 unspecified atom stereocenters. The van der Waals surface area contributed by atoms with Gasteiger partial charge in [-0.1, -0.05) is 0 Å². The summed E-state index contributed by atoms with van der Waals surface area (Å²) in [6.07, 6.45) is -0.236. The van der Waals surface area contributed by atoms with E-state index in [0.717, 1.165) is 0 Å². The summed E-state index contributed by atoms with van der Waals surface area (Å²) in [5, 5.41) is 8.65. The van der Waals surface area contributed by atoms with Gasteiger partial charge in [0.15, 0.2) is 0 Å². The summed E-state index contributed by atoms with van der Waals surface area (Å²) in [4.78, 5) is 1.85. The Morgan fingerprint density at radius 1 is 1.78 bits per heavy atom. The maximum Gasteiger partial charge on any atom is 0.114 e. The van der Waals surface area contributed by atoms with Gasteiger partial charge in [0.1, 0.15) is 6.17 Å². The van der Waals surface area contributed by atoms with Crippen molar-refractivity contribution in [1.29, 1.82) is 0 Å². The molecule has 2 nitrogen and oxygen atoms in total. The Morgan fingerprint density at radius 2 is 2.44 bits per heavy atom. The van der Waals surface area contributed by atoms with Gasteiger partial charge >= 0.3 is 0 Å². The molecule has 3 heteroatoms. The lowest BCUT2D eigenvalue weighted by Gasteiger charge is -2.14. The summed E-state index contributed by atoms with van der Waals surface area (Å²) in [5.41, 5.74) is 0. The number of likely N-dealkylation sites (N-methyl/N-ethyl adjacent to an activating group) is 1. The highest BCUT2D eigenvalue weighted by Crippen LogP contribution is 2.17. The Balaban J connectivity index is 2.38. The fourth-order valence-corrected chi connectivity index (χ4v) is 1.23. The van der Waals surface area contributed by atoms with Gasteiger partial charge < -0.3 is 5.11 Å². The molecule has 1 saturated heterocycles. The van der Waals surface area contributed by atoms with Gasteiger partial charge in [0.05, 0.1) is 6.61 Å². The number of aliphatic hydroxyl groups excluding tert-OH is 1. The molecule has 1 N–H and O–H groups in total. The van der Waals surface area contributed by atoms with Crippen molar-refractivity contribution in [1.82, 2.24) is 4.90 Å². The number of aliphatic hydroxyl groups is 1. The van der Waals surface area contributed by atoms with E-state index in [-0.39, 0.29) is 12.6 Å². The van der Waals surface area contributed by atoms with Crippen LogP contribution in [0.4, 0.5) is 4.39 Å². The fraction of sp³-hybridized carbons (Fsp3) is 1.00.